The molecule has 0 saturated heterocycles. The summed E-state index contributed by atoms with van der Waals surface area (Å²) in [5, 5.41) is 0. The number of Topliss-reactive ketones (excluding diaryl/α,β-unsaturated/α-hetero) is 1. The Morgan fingerprint density at radius 3 is 2.92 bits per heavy atom. The lowest BCUT2D eigenvalue weighted by Crippen LogP contribution is -1.96. The van der Waals surface area contributed by atoms with Gasteiger partial charge in [0.2, 0.25) is 0 Å². The quantitative estimate of drug-likeness (QED) is 0.671. The third kappa shape index (κ3) is 1.25. The first-order chi connectivity index (χ1) is 5.68. The molecular formula is C9H6Br2O. The molecule has 0 heterocycles. The lowest BCUT2D eigenvalue weighted by Gasteiger charge is -2.00. The SMILES string of the molecule is O=C1Cc2cc(Br)ccc2C1Br. The number of hydrogen-bond donors (Lipinski definition) is 0. The van der Waals surface area contributed by atoms with E-state index in [0.29, 0.717) is 6.42 Å². The molecule has 2 rings (SSSR count). The first-order valence-corrected chi connectivity index (χ1v) is 5.34. The predicted octanol–water partition coefficient (Wildman–Crippen LogP) is 3.01. The van der Waals surface area contributed by atoms with E-state index in [-0.39, 0.29) is 10.6 Å². The maximum Gasteiger partial charge on any atom is 0.155 e. The van der Waals surface area contributed by atoms with Crippen LogP contribution in [0.4, 0.5) is 0 Å². The minimum atomic E-state index is -0.0828. The van der Waals surface area contributed by atoms with Crippen LogP contribution in [0.2, 0.25) is 0 Å². The number of fused-ring (bicyclic) bond motifs is 1. The normalized spacial score (nSPS) is 21.2. The maximum absolute atomic E-state index is 11.3. The Hall–Kier alpha value is -0.150. The number of benzene rings is 1. The summed E-state index contributed by atoms with van der Waals surface area (Å²) in [7, 11) is 0. The Kier molecular flexibility index (Phi) is 2.09. The lowest BCUT2D eigenvalue weighted by molar-refractivity contribution is -0.117. The average Bonchev–Trinajstić information content (AvgIpc) is 2.28. The van der Waals surface area contributed by atoms with E-state index < -0.39 is 0 Å². The number of carbonyl (C=O) groups excluding carboxylic acids is 1. The van der Waals surface area contributed by atoms with Gasteiger partial charge in [0.05, 0.1) is 4.83 Å². The molecule has 0 spiro atoms. The summed E-state index contributed by atoms with van der Waals surface area (Å²) in [4.78, 5) is 11.2. The zero-order chi connectivity index (χ0) is 8.72. The molecule has 1 aliphatic carbocycles. The molecule has 0 fully saturated rings. The number of hydrogen-bond acceptors (Lipinski definition) is 1. The average molecular weight is 290 g/mol. The van der Waals surface area contributed by atoms with Crippen LogP contribution in [0.15, 0.2) is 22.7 Å². The van der Waals surface area contributed by atoms with Crippen LogP contribution in [0.3, 0.4) is 0 Å². The minimum absolute atomic E-state index is 0.0828. The van der Waals surface area contributed by atoms with Gasteiger partial charge in [-0.05, 0) is 23.3 Å². The topological polar surface area (TPSA) is 17.1 Å². The van der Waals surface area contributed by atoms with Crippen LogP contribution in [0.5, 0.6) is 0 Å². The molecule has 0 bridgehead atoms. The number of carbonyl (C=O) groups is 1. The molecule has 0 saturated carbocycles. The number of rotatable bonds is 0. The highest BCUT2D eigenvalue weighted by Gasteiger charge is 2.27. The summed E-state index contributed by atoms with van der Waals surface area (Å²) in [5.41, 5.74) is 2.25. The van der Waals surface area contributed by atoms with Crippen LogP contribution < -0.4 is 0 Å². The van der Waals surface area contributed by atoms with Gasteiger partial charge in [0.1, 0.15) is 0 Å². The smallest absolute Gasteiger partial charge is 0.155 e. The van der Waals surface area contributed by atoms with E-state index >= 15 is 0 Å². The second kappa shape index (κ2) is 2.96. The van der Waals surface area contributed by atoms with Gasteiger partial charge in [0.25, 0.3) is 0 Å². The standard InChI is InChI=1S/C9H6Br2O/c10-6-1-2-7-5(3-6)4-8(12)9(7)11/h1-3,9H,4H2. The predicted molar refractivity (Wildman–Crippen MR) is 54.5 cm³/mol. The highest BCUT2D eigenvalue weighted by Crippen LogP contribution is 2.35. The largest absolute Gasteiger partial charge is 0.298 e. The van der Waals surface area contributed by atoms with Crippen molar-refractivity contribution in [3.63, 3.8) is 0 Å². The molecular weight excluding hydrogens is 284 g/mol. The van der Waals surface area contributed by atoms with Gasteiger partial charge < -0.3 is 0 Å². The number of ketones is 1. The van der Waals surface area contributed by atoms with Crippen molar-refractivity contribution in [3.8, 4) is 0 Å². The maximum atomic E-state index is 11.3. The zero-order valence-electron chi connectivity index (χ0n) is 6.18. The van der Waals surface area contributed by atoms with Gasteiger partial charge >= 0.3 is 0 Å². The second-order valence-electron chi connectivity index (χ2n) is 2.85. The molecule has 1 unspecified atom stereocenters. The lowest BCUT2D eigenvalue weighted by atomic mass is 10.1. The number of halogens is 2. The third-order valence-electron chi connectivity index (χ3n) is 2.03. The molecule has 1 aromatic rings. The van der Waals surface area contributed by atoms with Crippen LogP contribution in [0.1, 0.15) is 16.0 Å². The molecule has 0 radical (unpaired) electrons. The van der Waals surface area contributed by atoms with Crippen molar-refractivity contribution in [1.82, 2.24) is 0 Å². The summed E-state index contributed by atoms with van der Waals surface area (Å²) >= 11 is 6.74. The molecule has 0 aromatic heterocycles. The van der Waals surface area contributed by atoms with E-state index in [9.17, 15) is 4.79 Å². The van der Waals surface area contributed by atoms with Gasteiger partial charge in [0.15, 0.2) is 5.78 Å². The molecule has 1 atom stereocenters. The van der Waals surface area contributed by atoms with Gasteiger partial charge in [-0.3, -0.25) is 4.79 Å². The fourth-order valence-corrected chi connectivity index (χ4v) is 2.44. The van der Waals surface area contributed by atoms with E-state index in [1.165, 1.54) is 0 Å². The zero-order valence-corrected chi connectivity index (χ0v) is 9.35. The third-order valence-corrected chi connectivity index (χ3v) is 3.52. The van der Waals surface area contributed by atoms with Crippen LogP contribution in [0, 0.1) is 0 Å². The molecule has 0 amide bonds. The second-order valence-corrected chi connectivity index (χ2v) is 4.68. The molecule has 0 N–H and O–H groups in total. The molecule has 12 heavy (non-hydrogen) atoms. The Balaban J connectivity index is 2.54. The van der Waals surface area contributed by atoms with Gasteiger partial charge in [-0.25, -0.2) is 0 Å². The fraction of sp³-hybridized carbons (Fsp3) is 0.222. The van der Waals surface area contributed by atoms with Crippen LogP contribution in [0.25, 0.3) is 0 Å². The van der Waals surface area contributed by atoms with E-state index in [4.69, 9.17) is 0 Å². The van der Waals surface area contributed by atoms with Crippen molar-refractivity contribution >= 4 is 37.6 Å². The summed E-state index contributed by atoms with van der Waals surface area (Å²) < 4.78 is 1.04. The van der Waals surface area contributed by atoms with Crippen molar-refractivity contribution in [2.45, 2.75) is 11.2 Å². The summed E-state index contributed by atoms with van der Waals surface area (Å²) in [6, 6.07) is 5.96. The van der Waals surface area contributed by atoms with Crippen molar-refractivity contribution in [2.24, 2.45) is 0 Å². The van der Waals surface area contributed by atoms with Crippen LogP contribution in [-0.2, 0) is 11.2 Å². The van der Waals surface area contributed by atoms with E-state index in [1.807, 2.05) is 18.2 Å². The van der Waals surface area contributed by atoms with E-state index in [1.54, 1.807) is 0 Å². The molecule has 3 heteroatoms. The first-order valence-electron chi connectivity index (χ1n) is 3.63. The minimum Gasteiger partial charge on any atom is -0.298 e. The first kappa shape index (κ1) is 8.45. The Morgan fingerprint density at radius 2 is 2.17 bits per heavy atom. The summed E-state index contributed by atoms with van der Waals surface area (Å²) in [6.45, 7) is 0. The Morgan fingerprint density at radius 1 is 1.42 bits per heavy atom. The highest BCUT2D eigenvalue weighted by molar-refractivity contribution is 9.10. The van der Waals surface area contributed by atoms with Gasteiger partial charge in [0, 0.05) is 10.9 Å². The Labute approximate surface area is 87.4 Å². The van der Waals surface area contributed by atoms with Crippen molar-refractivity contribution in [3.05, 3.63) is 33.8 Å². The van der Waals surface area contributed by atoms with E-state index in [0.717, 1.165) is 15.6 Å². The molecule has 0 aliphatic heterocycles. The van der Waals surface area contributed by atoms with Gasteiger partial charge in [-0.1, -0.05) is 37.9 Å². The fourth-order valence-electron chi connectivity index (χ4n) is 1.43. The summed E-state index contributed by atoms with van der Waals surface area (Å²) in [5.74, 6) is 0.253. The van der Waals surface area contributed by atoms with Crippen molar-refractivity contribution in [1.29, 1.82) is 0 Å². The molecule has 1 aliphatic rings. The van der Waals surface area contributed by atoms with E-state index in [2.05, 4.69) is 31.9 Å². The van der Waals surface area contributed by atoms with Crippen LogP contribution >= 0.6 is 31.9 Å². The van der Waals surface area contributed by atoms with Gasteiger partial charge in [-0.15, -0.1) is 0 Å². The highest BCUT2D eigenvalue weighted by atomic mass is 79.9. The van der Waals surface area contributed by atoms with Crippen molar-refractivity contribution < 1.29 is 4.79 Å². The molecule has 1 aromatic carbocycles. The monoisotopic (exact) mass is 288 g/mol. The molecule has 1 nitrogen and oxygen atoms in total. The van der Waals surface area contributed by atoms with Crippen LogP contribution in [-0.4, -0.2) is 5.78 Å². The number of alkyl halides is 1. The van der Waals surface area contributed by atoms with Gasteiger partial charge in [-0.2, -0.15) is 0 Å². The summed E-state index contributed by atoms with van der Waals surface area (Å²) in [6.07, 6.45) is 0.560. The van der Waals surface area contributed by atoms with Crippen molar-refractivity contribution in [2.75, 3.05) is 0 Å². The Bertz CT molecular complexity index is 346. The molecule has 62 valence electrons.